The molecule has 3 nitrogen and oxygen atoms in total. The van der Waals surface area contributed by atoms with Gasteiger partial charge in [-0.3, -0.25) is 4.79 Å². The summed E-state index contributed by atoms with van der Waals surface area (Å²) in [6, 6.07) is 8.44. The topological polar surface area (TPSA) is 49.3 Å². The van der Waals surface area contributed by atoms with Crippen LogP contribution in [-0.2, 0) is 11.2 Å². The van der Waals surface area contributed by atoms with Crippen LogP contribution >= 0.6 is 0 Å². The van der Waals surface area contributed by atoms with E-state index in [0.29, 0.717) is 25.3 Å². The highest BCUT2D eigenvalue weighted by Gasteiger charge is 2.25. The Morgan fingerprint density at radius 1 is 1.43 bits per heavy atom. The molecule has 1 aliphatic carbocycles. The third-order valence-electron chi connectivity index (χ3n) is 4.30. The third kappa shape index (κ3) is 4.57. The number of carbonyl (C=O) groups excluding carboxylic acids is 1. The van der Waals surface area contributed by atoms with Gasteiger partial charge in [0.1, 0.15) is 0 Å². The summed E-state index contributed by atoms with van der Waals surface area (Å²) >= 11 is 0. The first kappa shape index (κ1) is 16.0. The highest BCUT2D eigenvalue weighted by atomic mass is 16.3. The van der Waals surface area contributed by atoms with Gasteiger partial charge in [-0.2, -0.15) is 0 Å². The van der Waals surface area contributed by atoms with E-state index in [9.17, 15) is 9.90 Å². The molecule has 1 aromatic rings. The summed E-state index contributed by atoms with van der Waals surface area (Å²) < 4.78 is 0. The van der Waals surface area contributed by atoms with Gasteiger partial charge in [-0.1, -0.05) is 38.1 Å². The van der Waals surface area contributed by atoms with Gasteiger partial charge in [-0.05, 0) is 48.6 Å². The van der Waals surface area contributed by atoms with Crippen LogP contribution in [0.25, 0.3) is 0 Å². The molecule has 21 heavy (non-hydrogen) atoms. The van der Waals surface area contributed by atoms with Crippen molar-refractivity contribution in [1.82, 2.24) is 5.32 Å². The maximum absolute atomic E-state index is 12.2. The lowest BCUT2D eigenvalue weighted by atomic mass is 9.87. The van der Waals surface area contributed by atoms with E-state index in [2.05, 4.69) is 43.4 Å². The van der Waals surface area contributed by atoms with Crippen molar-refractivity contribution < 1.29 is 9.90 Å². The molecule has 3 heteroatoms. The summed E-state index contributed by atoms with van der Waals surface area (Å²) in [7, 11) is 0. The van der Waals surface area contributed by atoms with Crippen LogP contribution in [0.15, 0.2) is 24.3 Å². The Morgan fingerprint density at radius 2 is 2.14 bits per heavy atom. The molecular formula is C18H27NO2. The van der Waals surface area contributed by atoms with Crippen LogP contribution in [0.1, 0.15) is 57.1 Å². The molecule has 2 rings (SSSR count). The Hall–Kier alpha value is -1.35. The summed E-state index contributed by atoms with van der Waals surface area (Å²) in [6.07, 6.45) is 3.09. The van der Waals surface area contributed by atoms with Crippen LogP contribution in [0.2, 0.25) is 0 Å². The molecule has 2 unspecified atom stereocenters. The smallest absolute Gasteiger partial charge is 0.220 e. The zero-order valence-corrected chi connectivity index (χ0v) is 13.4. The fraction of sp³-hybridized carbons (Fsp3) is 0.611. The summed E-state index contributed by atoms with van der Waals surface area (Å²) in [5.74, 6) is 0.483. The van der Waals surface area contributed by atoms with Crippen molar-refractivity contribution in [3.63, 3.8) is 0 Å². The average Bonchev–Trinajstić information content (AvgIpc) is 2.79. The van der Waals surface area contributed by atoms with Crippen molar-refractivity contribution in [2.45, 2.75) is 58.5 Å². The minimum Gasteiger partial charge on any atom is -0.393 e. The first-order valence-electron chi connectivity index (χ1n) is 7.90. The third-order valence-corrected chi connectivity index (χ3v) is 4.30. The van der Waals surface area contributed by atoms with Gasteiger partial charge in [0, 0.05) is 13.0 Å². The quantitative estimate of drug-likeness (QED) is 0.845. The van der Waals surface area contributed by atoms with E-state index >= 15 is 0 Å². The molecule has 2 atom stereocenters. The van der Waals surface area contributed by atoms with E-state index in [0.717, 1.165) is 12.8 Å². The highest BCUT2D eigenvalue weighted by molar-refractivity contribution is 5.77. The lowest BCUT2D eigenvalue weighted by Gasteiger charge is -2.26. The minimum absolute atomic E-state index is 0.0720. The number of carbonyl (C=O) groups is 1. The standard InChI is InChI=1S/C18H27NO2/c1-13(20)11-18(2,3)12-19-17(21)10-15-9-8-14-6-4-5-7-16(14)15/h4-7,13,15,20H,8-12H2,1-3H3,(H,19,21). The Kier molecular flexibility index (Phi) is 5.04. The Morgan fingerprint density at radius 3 is 2.86 bits per heavy atom. The Labute approximate surface area is 127 Å². The molecule has 2 N–H and O–H groups in total. The summed E-state index contributed by atoms with van der Waals surface area (Å²) in [5, 5.41) is 12.5. The number of hydrogen-bond donors (Lipinski definition) is 2. The number of benzene rings is 1. The zero-order valence-electron chi connectivity index (χ0n) is 13.4. The Balaban J connectivity index is 1.84. The average molecular weight is 289 g/mol. The molecule has 0 radical (unpaired) electrons. The number of amides is 1. The summed E-state index contributed by atoms with van der Waals surface area (Å²) in [4.78, 5) is 12.2. The van der Waals surface area contributed by atoms with Gasteiger partial charge in [-0.25, -0.2) is 0 Å². The van der Waals surface area contributed by atoms with Crippen LogP contribution in [-0.4, -0.2) is 23.7 Å². The fourth-order valence-corrected chi connectivity index (χ4v) is 3.36. The van der Waals surface area contributed by atoms with E-state index in [1.807, 2.05) is 0 Å². The molecule has 0 bridgehead atoms. The number of nitrogens with one attached hydrogen (secondary N) is 1. The second kappa shape index (κ2) is 6.61. The second-order valence-electron chi connectivity index (χ2n) is 7.13. The molecule has 0 aromatic heterocycles. The van der Waals surface area contributed by atoms with E-state index < -0.39 is 0 Å². The predicted octanol–water partition coefficient (Wildman–Crippen LogP) is 3.02. The number of aliphatic hydroxyl groups is 1. The highest BCUT2D eigenvalue weighted by Crippen LogP contribution is 2.35. The van der Waals surface area contributed by atoms with E-state index in [4.69, 9.17) is 0 Å². The summed E-state index contributed by atoms with van der Waals surface area (Å²) in [6.45, 7) is 6.56. The lowest BCUT2D eigenvalue weighted by molar-refractivity contribution is -0.122. The maximum Gasteiger partial charge on any atom is 0.220 e. The van der Waals surface area contributed by atoms with Gasteiger partial charge in [0.05, 0.1) is 6.10 Å². The molecule has 0 spiro atoms. The number of aryl methyl sites for hydroxylation is 1. The van der Waals surface area contributed by atoms with Crippen molar-refractivity contribution in [1.29, 1.82) is 0 Å². The molecule has 1 amide bonds. The van der Waals surface area contributed by atoms with E-state index in [1.54, 1.807) is 6.92 Å². The predicted molar refractivity (Wildman–Crippen MR) is 85.2 cm³/mol. The molecule has 1 aromatic carbocycles. The van der Waals surface area contributed by atoms with Gasteiger partial charge in [0.2, 0.25) is 5.91 Å². The van der Waals surface area contributed by atoms with E-state index in [1.165, 1.54) is 11.1 Å². The zero-order chi connectivity index (χ0) is 15.5. The maximum atomic E-state index is 12.2. The van der Waals surface area contributed by atoms with Crippen LogP contribution in [0.5, 0.6) is 0 Å². The number of aliphatic hydroxyl groups excluding tert-OH is 1. The molecule has 0 saturated carbocycles. The summed E-state index contributed by atoms with van der Waals surface area (Å²) in [5.41, 5.74) is 2.66. The molecule has 0 heterocycles. The van der Waals surface area contributed by atoms with Crippen LogP contribution < -0.4 is 5.32 Å². The SMILES string of the molecule is CC(O)CC(C)(C)CNC(=O)CC1CCc2ccccc21. The first-order chi connectivity index (χ1) is 9.87. The van der Waals surface area contributed by atoms with Crippen LogP contribution in [0.3, 0.4) is 0 Å². The number of rotatable bonds is 6. The molecule has 0 aliphatic heterocycles. The van der Waals surface area contributed by atoms with Crippen LogP contribution in [0.4, 0.5) is 0 Å². The van der Waals surface area contributed by atoms with Crippen molar-refractivity contribution >= 4 is 5.91 Å². The normalized spacial score (nSPS) is 19.1. The van der Waals surface area contributed by atoms with Crippen LogP contribution in [0, 0.1) is 5.41 Å². The Bertz CT molecular complexity index is 494. The molecule has 0 saturated heterocycles. The van der Waals surface area contributed by atoms with Gasteiger partial charge in [0.15, 0.2) is 0 Å². The van der Waals surface area contributed by atoms with Crippen molar-refractivity contribution in [2.24, 2.45) is 5.41 Å². The minimum atomic E-state index is -0.335. The van der Waals surface area contributed by atoms with Crippen molar-refractivity contribution in [3.8, 4) is 0 Å². The first-order valence-corrected chi connectivity index (χ1v) is 7.90. The van der Waals surface area contributed by atoms with Gasteiger partial charge < -0.3 is 10.4 Å². The molecule has 116 valence electrons. The molecule has 0 fully saturated rings. The fourth-order valence-electron chi connectivity index (χ4n) is 3.36. The number of hydrogen-bond acceptors (Lipinski definition) is 2. The van der Waals surface area contributed by atoms with E-state index in [-0.39, 0.29) is 17.4 Å². The van der Waals surface area contributed by atoms with Gasteiger partial charge >= 0.3 is 0 Å². The van der Waals surface area contributed by atoms with Crippen molar-refractivity contribution in [2.75, 3.05) is 6.54 Å². The monoisotopic (exact) mass is 289 g/mol. The van der Waals surface area contributed by atoms with Gasteiger partial charge in [-0.15, -0.1) is 0 Å². The largest absolute Gasteiger partial charge is 0.393 e. The molecule has 1 aliphatic rings. The lowest BCUT2D eigenvalue weighted by Crippen LogP contribution is -2.36. The second-order valence-corrected chi connectivity index (χ2v) is 7.13. The molecular weight excluding hydrogens is 262 g/mol. The van der Waals surface area contributed by atoms with Crippen molar-refractivity contribution in [3.05, 3.63) is 35.4 Å². The van der Waals surface area contributed by atoms with Gasteiger partial charge in [0.25, 0.3) is 0 Å². The number of fused-ring (bicyclic) bond motifs is 1.